The summed E-state index contributed by atoms with van der Waals surface area (Å²) in [6.45, 7) is 4.04. The first kappa shape index (κ1) is 18.4. The standard InChI is InChI=1S/C21H22F3N5/c1-3-4-12-10(2)17-14-8-25-28-16(14)7-13(11-5-6-11)19(17)27-18(12)15-9-26-29-20(15)21(22,23)24/h7-9,11,14,16,28H,3-6H2,1-2H3,(H,26,29). The van der Waals surface area contributed by atoms with Crippen LogP contribution in [0.15, 0.2) is 17.4 Å². The van der Waals surface area contributed by atoms with E-state index in [4.69, 9.17) is 4.98 Å². The molecule has 2 atom stereocenters. The molecule has 5 nitrogen and oxygen atoms in total. The number of aromatic nitrogens is 3. The molecule has 1 saturated carbocycles. The Morgan fingerprint density at radius 2 is 2.00 bits per heavy atom. The van der Waals surface area contributed by atoms with E-state index in [-0.39, 0.29) is 17.5 Å². The monoisotopic (exact) mass is 401 g/mol. The number of nitrogens with zero attached hydrogens (tertiary/aromatic N) is 3. The molecule has 0 bridgehead atoms. The molecule has 0 saturated heterocycles. The van der Waals surface area contributed by atoms with Crippen molar-refractivity contribution in [3.8, 4) is 11.3 Å². The number of hydrogen-bond acceptors (Lipinski definition) is 4. The third-order valence-corrected chi connectivity index (χ3v) is 6.13. The van der Waals surface area contributed by atoms with Crippen molar-refractivity contribution in [1.82, 2.24) is 20.6 Å². The van der Waals surface area contributed by atoms with Gasteiger partial charge in [-0.05, 0) is 54.4 Å². The highest BCUT2D eigenvalue weighted by Gasteiger charge is 2.41. The van der Waals surface area contributed by atoms with Crippen LogP contribution in [0, 0.1) is 12.8 Å². The Bertz CT molecular complexity index is 1030. The minimum atomic E-state index is -4.51. The van der Waals surface area contributed by atoms with Crippen LogP contribution >= 0.6 is 0 Å². The number of hydrogen-bond donors (Lipinski definition) is 2. The Balaban J connectivity index is 1.77. The molecule has 2 N–H and O–H groups in total. The van der Waals surface area contributed by atoms with Crippen LogP contribution in [-0.4, -0.2) is 27.4 Å². The van der Waals surface area contributed by atoms with E-state index in [0.717, 1.165) is 47.2 Å². The van der Waals surface area contributed by atoms with Crippen molar-refractivity contribution >= 4 is 11.8 Å². The van der Waals surface area contributed by atoms with E-state index in [1.54, 1.807) is 0 Å². The maximum absolute atomic E-state index is 13.6. The SMILES string of the molecule is CCCc1c(-c2cn[nH]c2C(F)(F)F)nc2c(c1C)C1C=NNC1C=C2C1CC1. The molecule has 1 fully saturated rings. The highest BCUT2D eigenvalue weighted by atomic mass is 19.4. The van der Waals surface area contributed by atoms with Crippen LogP contribution in [-0.2, 0) is 12.6 Å². The molecular formula is C21H22F3N5. The number of hydrazone groups is 1. The molecule has 0 amide bonds. The van der Waals surface area contributed by atoms with Gasteiger partial charge in [0.25, 0.3) is 0 Å². The molecule has 29 heavy (non-hydrogen) atoms. The summed E-state index contributed by atoms with van der Waals surface area (Å²) in [5.41, 5.74) is 7.74. The second kappa shape index (κ2) is 6.43. The first-order valence-corrected chi connectivity index (χ1v) is 10.0. The lowest BCUT2D eigenvalue weighted by atomic mass is 9.78. The Kier molecular flexibility index (Phi) is 4.08. The van der Waals surface area contributed by atoms with Crippen molar-refractivity contribution in [2.75, 3.05) is 0 Å². The van der Waals surface area contributed by atoms with Crippen molar-refractivity contribution in [3.05, 3.63) is 40.4 Å². The summed E-state index contributed by atoms with van der Waals surface area (Å²) in [6.07, 6.45) is 4.48. The Hall–Kier alpha value is -2.64. The maximum atomic E-state index is 13.6. The summed E-state index contributed by atoms with van der Waals surface area (Å²) in [7, 11) is 0. The summed E-state index contributed by atoms with van der Waals surface area (Å²) >= 11 is 0. The van der Waals surface area contributed by atoms with Crippen molar-refractivity contribution in [2.24, 2.45) is 11.0 Å². The zero-order valence-corrected chi connectivity index (χ0v) is 16.3. The van der Waals surface area contributed by atoms with E-state index in [1.165, 1.54) is 6.20 Å². The van der Waals surface area contributed by atoms with E-state index in [1.807, 2.05) is 20.1 Å². The minimum Gasteiger partial charge on any atom is -0.302 e. The second-order valence-corrected chi connectivity index (χ2v) is 8.09. The van der Waals surface area contributed by atoms with Gasteiger partial charge in [-0.15, -0.1) is 0 Å². The van der Waals surface area contributed by atoms with Crippen molar-refractivity contribution in [3.63, 3.8) is 0 Å². The van der Waals surface area contributed by atoms with Crippen LogP contribution in [0.4, 0.5) is 13.2 Å². The molecule has 2 aromatic rings. The van der Waals surface area contributed by atoms with E-state index >= 15 is 0 Å². The first-order chi connectivity index (χ1) is 13.9. The lowest BCUT2D eigenvalue weighted by Gasteiger charge is -2.30. The zero-order chi connectivity index (χ0) is 20.3. The molecule has 8 heteroatoms. The first-order valence-electron chi connectivity index (χ1n) is 10.0. The van der Waals surface area contributed by atoms with Gasteiger partial charge < -0.3 is 5.43 Å². The third kappa shape index (κ3) is 2.88. The number of fused-ring (bicyclic) bond motifs is 3. The van der Waals surface area contributed by atoms with Crippen LogP contribution in [0.2, 0.25) is 0 Å². The maximum Gasteiger partial charge on any atom is 0.433 e. The van der Waals surface area contributed by atoms with Crippen molar-refractivity contribution < 1.29 is 13.2 Å². The highest BCUT2D eigenvalue weighted by molar-refractivity contribution is 5.85. The Morgan fingerprint density at radius 3 is 2.69 bits per heavy atom. The summed E-state index contributed by atoms with van der Waals surface area (Å²) in [6, 6.07) is 0.0959. The normalized spacial score (nSPS) is 22.9. The number of aromatic amines is 1. The quantitative estimate of drug-likeness (QED) is 0.787. The number of alkyl halides is 3. The summed E-state index contributed by atoms with van der Waals surface area (Å²) in [5, 5.41) is 10.1. The summed E-state index contributed by atoms with van der Waals surface area (Å²) in [4.78, 5) is 4.89. The minimum absolute atomic E-state index is 0.0299. The Labute approximate surface area is 166 Å². The molecular weight excluding hydrogens is 379 g/mol. The van der Waals surface area contributed by atoms with Gasteiger partial charge in [-0.2, -0.15) is 23.4 Å². The van der Waals surface area contributed by atoms with Crippen LogP contribution in [0.3, 0.4) is 0 Å². The van der Waals surface area contributed by atoms with Crippen LogP contribution in [0.1, 0.15) is 60.2 Å². The molecule has 0 radical (unpaired) electrons. The van der Waals surface area contributed by atoms with Crippen LogP contribution < -0.4 is 5.43 Å². The van der Waals surface area contributed by atoms with Gasteiger partial charge in [0.2, 0.25) is 0 Å². The molecule has 0 spiro atoms. The lowest BCUT2D eigenvalue weighted by molar-refractivity contribution is -0.140. The van der Waals surface area contributed by atoms with Gasteiger partial charge in [0.15, 0.2) is 0 Å². The van der Waals surface area contributed by atoms with Crippen LogP contribution in [0.25, 0.3) is 16.8 Å². The van der Waals surface area contributed by atoms with Gasteiger partial charge in [0, 0.05) is 12.1 Å². The Morgan fingerprint density at radius 1 is 1.21 bits per heavy atom. The van der Waals surface area contributed by atoms with E-state index in [0.29, 0.717) is 18.0 Å². The number of nitrogens with one attached hydrogen (secondary N) is 2. The van der Waals surface area contributed by atoms with Gasteiger partial charge in [-0.1, -0.05) is 19.4 Å². The molecule has 3 heterocycles. The summed E-state index contributed by atoms with van der Waals surface area (Å²) in [5.74, 6) is 0.497. The van der Waals surface area contributed by atoms with Gasteiger partial charge in [-0.25, -0.2) is 4.98 Å². The molecule has 2 aromatic heterocycles. The smallest absolute Gasteiger partial charge is 0.302 e. The van der Waals surface area contributed by atoms with Gasteiger partial charge in [-0.3, -0.25) is 5.10 Å². The zero-order valence-electron chi connectivity index (χ0n) is 16.3. The fourth-order valence-corrected chi connectivity index (χ4v) is 4.62. The lowest BCUT2D eigenvalue weighted by Crippen LogP contribution is -2.30. The number of rotatable bonds is 4. The van der Waals surface area contributed by atoms with E-state index in [2.05, 4.69) is 26.8 Å². The van der Waals surface area contributed by atoms with Gasteiger partial charge >= 0.3 is 6.18 Å². The number of H-pyrrole nitrogens is 1. The van der Waals surface area contributed by atoms with Crippen molar-refractivity contribution in [2.45, 2.75) is 57.7 Å². The largest absolute Gasteiger partial charge is 0.433 e. The predicted octanol–water partition coefficient (Wildman–Crippen LogP) is 4.60. The third-order valence-electron chi connectivity index (χ3n) is 6.13. The number of allylic oxidation sites excluding steroid dienone is 1. The molecule has 5 rings (SSSR count). The van der Waals surface area contributed by atoms with Gasteiger partial charge in [0.1, 0.15) is 5.69 Å². The molecule has 152 valence electrons. The van der Waals surface area contributed by atoms with Crippen molar-refractivity contribution in [1.29, 1.82) is 0 Å². The van der Waals surface area contributed by atoms with Gasteiger partial charge in [0.05, 0.1) is 29.2 Å². The van der Waals surface area contributed by atoms with E-state index < -0.39 is 11.9 Å². The fraction of sp³-hybridized carbons (Fsp3) is 0.476. The molecule has 1 aliphatic heterocycles. The number of halogens is 3. The fourth-order valence-electron chi connectivity index (χ4n) is 4.62. The molecule has 0 aromatic carbocycles. The highest BCUT2D eigenvalue weighted by Crippen LogP contribution is 2.49. The molecule has 2 aliphatic carbocycles. The number of pyridine rings is 1. The predicted molar refractivity (Wildman–Crippen MR) is 104 cm³/mol. The average Bonchev–Trinajstić information content (AvgIpc) is 3.19. The topological polar surface area (TPSA) is 66.0 Å². The van der Waals surface area contributed by atoms with Crippen LogP contribution in [0.5, 0.6) is 0 Å². The molecule has 3 aliphatic rings. The second-order valence-electron chi connectivity index (χ2n) is 8.09. The average molecular weight is 401 g/mol. The molecule has 2 unspecified atom stereocenters. The summed E-state index contributed by atoms with van der Waals surface area (Å²) < 4.78 is 40.7. The van der Waals surface area contributed by atoms with E-state index in [9.17, 15) is 13.2 Å².